The summed E-state index contributed by atoms with van der Waals surface area (Å²) in [6, 6.07) is 4.13. The molecule has 3 heterocycles. The number of anilines is 1. The van der Waals surface area contributed by atoms with E-state index < -0.39 is 5.82 Å². The Bertz CT molecular complexity index is 963. The molecule has 6 nitrogen and oxygen atoms in total. The van der Waals surface area contributed by atoms with E-state index in [9.17, 15) is 9.18 Å². The van der Waals surface area contributed by atoms with Crippen LogP contribution in [0.4, 0.5) is 10.1 Å². The molecule has 1 atom stereocenters. The van der Waals surface area contributed by atoms with Crippen LogP contribution in [-0.4, -0.2) is 32.3 Å². The lowest BCUT2D eigenvalue weighted by Gasteiger charge is -2.34. The Kier molecular flexibility index (Phi) is 3.61. The molecule has 1 aromatic carbocycles. The molecule has 8 heteroatoms. The van der Waals surface area contributed by atoms with Gasteiger partial charge in [0, 0.05) is 36.1 Å². The lowest BCUT2D eigenvalue weighted by Crippen LogP contribution is -2.40. The summed E-state index contributed by atoms with van der Waals surface area (Å²) in [6.45, 7) is 2.38. The van der Waals surface area contributed by atoms with Crippen LogP contribution in [0.2, 0.25) is 5.02 Å². The van der Waals surface area contributed by atoms with Crippen molar-refractivity contribution in [1.29, 1.82) is 0 Å². The third kappa shape index (κ3) is 2.42. The van der Waals surface area contributed by atoms with Gasteiger partial charge in [0.1, 0.15) is 5.52 Å². The summed E-state index contributed by atoms with van der Waals surface area (Å²) in [4.78, 5) is 25.9. The molecule has 1 aliphatic rings. The number of benzene rings is 1. The third-order valence-corrected chi connectivity index (χ3v) is 4.90. The van der Waals surface area contributed by atoms with E-state index in [-0.39, 0.29) is 23.3 Å². The van der Waals surface area contributed by atoms with Crippen LogP contribution in [-0.2, 0) is 6.42 Å². The second kappa shape index (κ2) is 5.70. The zero-order chi connectivity index (χ0) is 17.7. The number of fused-ring (bicyclic) bond motifs is 2. The van der Waals surface area contributed by atoms with Gasteiger partial charge in [-0.25, -0.2) is 9.37 Å². The Balaban J connectivity index is 1.74. The first kappa shape index (κ1) is 15.8. The maximum atomic E-state index is 13.9. The van der Waals surface area contributed by atoms with Gasteiger partial charge < -0.3 is 15.6 Å². The highest BCUT2D eigenvalue weighted by molar-refractivity contribution is 6.35. The van der Waals surface area contributed by atoms with Crippen LogP contribution in [0.25, 0.3) is 11.0 Å². The molecular formula is C17H15ClFN5O. The van der Waals surface area contributed by atoms with Gasteiger partial charge in [0.2, 0.25) is 0 Å². The number of amides is 1. The van der Waals surface area contributed by atoms with E-state index >= 15 is 0 Å². The van der Waals surface area contributed by atoms with Gasteiger partial charge in [-0.2, -0.15) is 0 Å². The number of nitrogens with two attached hydrogens (primary N) is 1. The van der Waals surface area contributed by atoms with Gasteiger partial charge in [0.15, 0.2) is 11.6 Å². The van der Waals surface area contributed by atoms with Gasteiger partial charge in [-0.1, -0.05) is 11.6 Å². The summed E-state index contributed by atoms with van der Waals surface area (Å²) in [6.07, 6.45) is 2.27. The fraction of sp³-hybridized carbons (Fsp3) is 0.235. The summed E-state index contributed by atoms with van der Waals surface area (Å²) in [5.41, 5.74) is 8.79. The maximum absolute atomic E-state index is 13.9. The zero-order valence-corrected chi connectivity index (χ0v) is 14.1. The number of carbonyl (C=O) groups is 1. The minimum Gasteiger partial charge on any atom is -0.398 e. The van der Waals surface area contributed by atoms with Crippen LogP contribution in [0, 0.1) is 5.82 Å². The second-order valence-electron chi connectivity index (χ2n) is 6.02. The van der Waals surface area contributed by atoms with Crippen LogP contribution in [0.5, 0.6) is 0 Å². The number of aromatic amines is 1. The lowest BCUT2D eigenvalue weighted by atomic mass is 9.96. The van der Waals surface area contributed by atoms with E-state index in [0.717, 1.165) is 11.3 Å². The number of carbonyl (C=O) groups excluding carboxylic acids is 1. The lowest BCUT2D eigenvalue weighted by molar-refractivity contribution is 0.0665. The number of halogens is 2. The van der Waals surface area contributed by atoms with Crippen molar-refractivity contribution in [2.75, 3.05) is 12.3 Å². The molecule has 0 bridgehead atoms. The highest BCUT2D eigenvalue weighted by Crippen LogP contribution is 2.33. The van der Waals surface area contributed by atoms with Crippen LogP contribution < -0.4 is 5.73 Å². The molecule has 1 aliphatic heterocycles. The van der Waals surface area contributed by atoms with E-state index in [1.54, 1.807) is 17.2 Å². The number of rotatable bonds is 1. The van der Waals surface area contributed by atoms with Gasteiger partial charge in [-0.15, -0.1) is 0 Å². The van der Waals surface area contributed by atoms with Crippen LogP contribution in [0.3, 0.4) is 0 Å². The molecule has 0 saturated carbocycles. The fourth-order valence-corrected chi connectivity index (χ4v) is 3.53. The molecule has 0 fully saturated rings. The number of hydrogen-bond acceptors (Lipinski definition) is 4. The number of nitrogen functional groups attached to an aromatic ring is 1. The van der Waals surface area contributed by atoms with Crippen LogP contribution >= 0.6 is 11.6 Å². The van der Waals surface area contributed by atoms with Crippen molar-refractivity contribution in [3.8, 4) is 0 Å². The quantitative estimate of drug-likeness (QED) is 0.698. The summed E-state index contributed by atoms with van der Waals surface area (Å²) in [5.74, 6) is -0.798. The molecule has 0 spiro atoms. The molecular weight excluding hydrogens is 345 g/mol. The van der Waals surface area contributed by atoms with Gasteiger partial charge in [0.05, 0.1) is 16.6 Å². The minimum atomic E-state index is -0.528. The Hall–Kier alpha value is -2.67. The number of nitrogens with zero attached hydrogens (tertiary/aromatic N) is 3. The van der Waals surface area contributed by atoms with Gasteiger partial charge in [-0.3, -0.25) is 9.78 Å². The fourth-order valence-electron chi connectivity index (χ4n) is 3.33. The SMILES string of the molecule is C[C@@H]1c2c(N)ccnc2CCN1C(=O)c1nc2c(F)ccc(Cl)c2[nH]1. The zero-order valence-electron chi connectivity index (χ0n) is 13.4. The molecule has 1 amide bonds. The van der Waals surface area contributed by atoms with E-state index in [1.165, 1.54) is 12.1 Å². The Morgan fingerprint density at radius 2 is 2.24 bits per heavy atom. The average molecular weight is 360 g/mol. The number of imidazole rings is 1. The number of pyridine rings is 1. The molecule has 0 aliphatic carbocycles. The first-order valence-corrected chi connectivity index (χ1v) is 8.23. The molecule has 0 radical (unpaired) electrons. The topological polar surface area (TPSA) is 87.9 Å². The summed E-state index contributed by atoms with van der Waals surface area (Å²) >= 11 is 6.06. The van der Waals surface area contributed by atoms with E-state index in [0.29, 0.717) is 29.2 Å². The minimum absolute atomic E-state index is 0.0553. The van der Waals surface area contributed by atoms with Crippen molar-refractivity contribution in [2.24, 2.45) is 0 Å². The third-order valence-electron chi connectivity index (χ3n) is 4.59. The monoisotopic (exact) mass is 359 g/mol. The Morgan fingerprint density at radius 3 is 3.00 bits per heavy atom. The first-order chi connectivity index (χ1) is 12.0. The predicted molar refractivity (Wildman–Crippen MR) is 92.9 cm³/mol. The molecule has 4 rings (SSSR count). The number of aromatic nitrogens is 3. The second-order valence-corrected chi connectivity index (χ2v) is 6.43. The highest BCUT2D eigenvalue weighted by atomic mass is 35.5. The van der Waals surface area contributed by atoms with E-state index in [4.69, 9.17) is 17.3 Å². The summed E-state index contributed by atoms with van der Waals surface area (Å²) < 4.78 is 13.9. The molecule has 128 valence electrons. The van der Waals surface area contributed by atoms with Crippen molar-refractivity contribution in [3.63, 3.8) is 0 Å². The van der Waals surface area contributed by atoms with E-state index in [1.807, 2.05) is 6.92 Å². The van der Waals surface area contributed by atoms with Gasteiger partial charge in [-0.05, 0) is 25.1 Å². The molecule has 0 saturated heterocycles. The van der Waals surface area contributed by atoms with E-state index in [2.05, 4.69) is 15.0 Å². The van der Waals surface area contributed by atoms with Crippen molar-refractivity contribution in [3.05, 3.63) is 52.3 Å². The predicted octanol–water partition coefficient (Wildman–Crippen LogP) is 3.09. The van der Waals surface area contributed by atoms with Crippen LogP contribution in [0.1, 0.15) is 34.8 Å². The molecule has 2 aromatic heterocycles. The molecule has 3 aromatic rings. The van der Waals surface area contributed by atoms with Crippen molar-refractivity contribution < 1.29 is 9.18 Å². The summed E-state index contributed by atoms with van der Waals surface area (Å²) in [7, 11) is 0. The molecule has 3 N–H and O–H groups in total. The Morgan fingerprint density at radius 1 is 1.44 bits per heavy atom. The average Bonchev–Trinajstić information content (AvgIpc) is 3.05. The maximum Gasteiger partial charge on any atom is 0.290 e. The van der Waals surface area contributed by atoms with Crippen molar-refractivity contribution in [2.45, 2.75) is 19.4 Å². The largest absolute Gasteiger partial charge is 0.398 e. The highest BCUT2D eigenvalue weighted by Gasteiger charge is 2.32. The Labute approximate surface area is 147 Å². The standard InChI is InChI=1S/C17H15ClFN5O/c1-8-13-11(20)4-6-21-12(13)5-7-24(8)17(25)16-22-14-9(18)2-3-10(19)15(14)23-16/h2-4,6,8H,5,7H2,1H3,(H2,20,21)(H,22,23)/t8-/m1/s1. The van der Waals surface area contributed by atoms with Crippen LogP contribution in [0.15, 0.2) is 24.4 Å². The smallest absolute Gasteiger partial charge is 0.290 e. The number of hydrogen-bond donors (Lipinski definition) is 2. The van der Waals surface area contributed by atoms with Crippen molar-refractivity contribution in [1.82, 2.24) is 19.9 Å². The first-order valence-electron chi connectivity index (χ1n) is 7.85. The number of nitrogens with one attached hydrogen (secondary N) is 1. The summed E-state index contributed by atoms with van der Waals surface area (Å²) in [5, 5.41) is 0.313. The van der Waals surface area contributed by atoms with Crippen molar-refractivity contribution >= 4 is 34.2 Å². The van der Waals surface area contributed by atoms with Gasteiger partial charge in [0.25, 0.3) is 5.91 Å². The normalized spacial score (nSPS) is 16.9. The van der Waals surface area contributed by atoms with Gasteiger partial charge >= 0.3 is 0 Å². The number of H-pyrrole nitrogens is 1. The molecule has 25 heavy (non-hydrogen) atoms. The molecule has 0 unspecified atom stereocenters.